The van der Waals surface area contributed by atoms with Crippen molar-refractivity contribution in [1.29, 1.82) is 0 Å². The van der Waals surface area contributed by atoms with Crippen LogP contribution in [0.2, 0.25) is 0 Å². The highest BCUT2D eigenvalue weighted by Crippen LogP contribution is 2.36. The Labute approximate surface area is 166 Å². The SMILES string of the molecule is O=C(Nc1ccc(Oc2ccccc2)cc1)c1cc(C(F)(F)F)cc(C(F)(F)F)c1. The van der Waals surface area contributed by atoms with Crippen molar-refractivity contribution in [3.05, 3.63) is 89.5 Å². The second-order valence-corrected chi connectivity index (χ2v) is 6.19. The Morgan fingerprint density at radius 3 is 1.70 bits per heavy atom. The molecule has 0 unspecified atom stereocenters. The van der Waals surface area contributed by atoms with Gasteiger partial charge in [0.1, 0.15) is 11.5 Å². The van der Waals surface area contributed by atoms with Crippen molar-refractivity contribution in [1.82, 2.24) is 0 Å². The van der Waals surface area contributed by atoms with Gasteiger partial charge < -0.3 is 10.1 Å². The van der Waals surface area contributed by atoms with E-state index in [1.54, 1.807) is 24.3 Å². The van der Waals surface area contributed by atoms with Gasteiger partial charge in [-0.3, -0.25) is 4.79 Å². The molecule has 0 aliphatic rings. The Kier molecular flexibility index (Phi) is 5.73. The molecule has 3 rings (SSSR count). The highest BCUT2D eigenvalue weighted by Gasteiger charge is 2.37. The number of carbonyl (C=O) groups excluding carboxylic acids is 1. The van der Waals surface area contributed by atoms with Crippen LogP contribution in [0.5, 0.6) is 11.5 Å². The summed E-state index contributed by atoms with van der Waals surface area (Å²) in [5.41, 5.74) is -3.71. The minimum atomic E-state index is -5.04. The van der Waals surface area contributed by atoms with Gasteiger partial charge in [-0.15, -0.1) is 0 Å². The predicted octanol–water partition coefficient (Wildman–Crippen LogP) is 6.77. The number of hydrogen-bond acceptors (Lipinski definition) is 2. The third-order valence-electron chi connectivity index (χ3n) is 3.94. The van der Waals surface area contributed by atoms with Gasteiger partial charge in [0.2, 0.25) is 0 Å². The lowest BCUT2D eigenvalue weighted by molar-refractivity contribution is -0.143. The zero-order valence-electron chi connectivity index (χ0n) is 15.0. The van der Waals surface area contributed by atoms with Crippen LogP contribution in [0.15, 0.2) is 72.8 Å². The van der Waals surface area contributed by atoms with Crippen LogP contribution in [0, 0.1) is 0 Å². The molecular weight excluding hydrogens is 412 g/mol. The largest absolute Gasteiger partial charge is 0.457 e. The number of anilines is 1. The van der Waals surface area contributed by atoms with Crippen molar-refractivity contribution in [3.8, 4) is 11.5 Å². The second kappa shape index (κ2) is 8.10. The van der Waals surface area contributed by atoms with Gasteiger partial charge in [0.25, 0.3) is 5.91 Å². The van der Waals surface area contributed by atoms with E-state index in [-0.39, 0.29) is 11.8 Å². The van der Waals surface area contributed by atoms with E-state index in [4.69, 9.17) is 4.74 Å². The molecule has 0 aliphatic carbocycles. The molecule has 0 bridgehead atoms. The number of halogens is 6. The fraction of sp³-hybridized carbons (Fsp3) is 0.0952. The summed E-state index contributed by atoms with van der Waals surface area (Å²) in [5, 5.41) is 2.28. The standard InChI is InChI=1S/C21H13F6NO2/c22-20(23,24)14-10-13(11-15(12-14)21(25,26)27)19(29)28-16-6-8-18(9-7-16)30-17-4-2-1-3-5-17/h1-12H,(H,28,29). The first-order valence-electron chi connectivity index (χ1n) is 8.46. The number of amides is 1. The fourth-order valence-electron chi connectivity index (χ4n) is 2.52. The third-order valence-corrected chi connectivity index (χ3v) is 3.94. The molecule has 0 spiro atoms. The van der Waals surface area contributed by atoms with E-state index in [0.717, 1.165) is 0 Å². The number of hydrogen-bond donors (Lipinski definition) is 1. The maximum Gasteiger partial charge on any atom is 0.416 e. The lowest BCUT2D eigenvalue weighted by atomic mass is 10.0. The normalized spacial score (nSPS) is 11.8. The Morgan fingerprint density at radius 2 is 1.20 bits per heavy atom. The molecule has 156 valence electrons. The summed E-state index contributed by atoms with van der Waals surface area (Å²) in [6.45, 7) is 0. The van der Waals surface area contributed by atoms with Crippen LogP contribution < -0.4 is 10.1 Å². The fourth-order valence-corrected chi connectivity index (χ4v) is 2.52. The van der Waals surface area contributed by atoms with E-state index < -0.39 is 35.0 Å². The highest BCUT2D eigenvalue weighted by molar-refractivity contribution is 6.04. The van der Waals surface area contributed by atoms with Gasteiger partial charge >= 0.3 is 12.4 Å². The molecule has 0 radical (unpaired) electrons. The molecule has 0 aromatic heterocycles. The first kappa shape index (κ1) is 21.2. The molecule has 1 amide bonds. The van der Waals surface area contributed by atoms with E-state index in [1.807, 2.05) is 6.07 Å². The summed E-state index contributed by atoms with van der Waals surface area (Å²) in [4.78, 5) is 12.3. The van der Waals surface area contributed by atoms with Gasteiger partial charge in [-0.1, -0.05) is 18.2 Å². The van der Waals surface area contributed by atoms with Crippen LogP contribution >= 0.6 is 0 Å². The molecule has 0 aliphatic heterocycles. The number of ether oxygens (including phenoxy) is 1. The molecule has 9 heteroatoms. The molecule has 0 saturated carbocycles. The number of nitrogens with one attached hydrogen (secondary N) is 1. The Morgan fingerprint density at radius 1 is 0.700 bits per heavy atom. The van der Waals surface area contributed by atoms with Gasteiger partial charge in [-0.2, -0.15) is 26.3 Å². The van der Waals surface area contributed by atoms with Gasteiger partial charge in [0.15, 0.2) is 0 Å². The van der Waals surface area contributed by atoms with E-state index in [0.29, 0.717) is 23.6 Å². The lowest BCUT2D eigenvalue weighted by Gasteiger charge is -2.14. The van der Waals surface area contributed by atoms with Crippen molar-refractivity contribution >= 4 is 11.6 Å². The topological polar surface area (TPSA) is 38.3 Å². The molecule has 0 saturated heterocycles. The molecule has 30 heavy (non-hydrogen) atoms. The van der Waals surface area contributed by atoms with E-state index in [1.165, 1.54) is 24.3 Å². The van der Waals surface area contributed by atoms with Crippen LogP contribution in [0.1, 0.15) is 21.5 Å². The molecule has 3 aromatic rings. The average Bonchev–Trinajstić information content (AvgIpc) is 2.68. The summed E-state index contributed by atoms with van der Waals surface area (Å²) in [6.07, 6.45) is -10.1. The molecular formula is C21H13F6NO2. The highest BCUT2D eigenvalue weighted by atomic mass is 19.4. The predicted molar refractivity (Wildman–Crippen MR) is 97.4 cm³/mol. The Balaban J connectivity index is 1.80. The smallest absolute Gasteiger partial charge is 0.416 e. The maximum absolute atomic E-state index is 12.9. The first-order valence-corrected chi connectivity index (χ1v) is 8.46. The number of alkyl halides is 6. The molecule has 1 N–H and O–H groups in total. The number of rotatable bonds is 4. The maximum atomic E-state index is 12.9. The molecule has 0 atom stereocenters. The molecule has 3 aromatic carbocycles. The molecule has 0 heterocycles. The monoisotopic (exact) mass is 425 g/mol. The van der Waals surface area contributed by atoms with Crippen LogP contribution in [0.3, 0.4) is 0 Å². The minimum absolute atomic E-state index is 0.0352. The molecule has 3 nitrogen and oxygen atoms in total. The first-order chi connectivity index (χ1) is 14.0. The Hall–Kier alpha value is -3.49. The third kappa shape index (κ3) is 5.31. The van der Waals surface area contributed by atoms with Crippen LogP contribution in [0.25, 0.3) is 0 Å². The molecule has 0 fully saturated rings. The van der Waals surface area contributed by atoms with Crippen LogP contribution in [-0.2, 0) is 12.4 Å². The van der Waals surface area contributed by atoms with Crippen LogP contribution in [0.4, 0.5) is 32.0 Å². The van der Waals surface area contributed by atoms with Gasteiger partial charge in [0.05, 0.1) is 11.1 Å². The zero-order valence-corrected chi connectivity index (χ0v) is 15.0. The van der Waals surface area contributed by atoms with Crippen molar-refractivity contribution in [2.45, 2.75) is 12.4 Å². The van der Waals surface area contributed by atoms with E-state index in [9.17, 15) is 31.1 Å². The van der Waals surface area contributed by atoms with Gasteiger partial charge in [0, 0.05) is 11.3 Å². The van der Waals surface area contributed by atoms with Crippen molar-refractivity contribution < 1.29 is 35.9 Å². The number of para-hydroxylation sites is 1. The van der Waals surface area contributed by atoms with Crippen molar-refractivity contribution in [2.24, 2.45) is 0 Å². The van der Waals surface area contributed by atoms with Gasteiger partial charge in [-0.05, 0) is 54.6 Å². The number of carbonyl (C=O) groups is 1. The Bertz CT molecular complexity index is 996. The summed E-state index contributed by atoms with van der Waals surface area (Å²) < 4.78 is 83.2. The lowest BCUT2D eigenvalue weighted by Crippen LogP contribution is -2.17. The average molecular weight is 425 g/mol. The quantitative estimate of drug-likeness (QED) is 0.469. The van der Waals surface area contributed by atoms with Crippen molar-refractivity contribution in [3.63, 3.8) is 0 Å². The summed E-state index contributed by atoms with van der Waals surface area (Å²) in [7, 11) is 0. The van der Waals surface area contributed by atoms with E-state index >= 15 is 0 Å². The summed E-state index contributed by atoms with van der Waals surface area (Å²) >= 11 is 0. The minimum Gasteiger partial charge on any atom is -0.457 e. The summed E-state index contributed by atoms with van der Waals surface area (Å²) in [6, 6.07) is 15.3. The zero-order chi connectivity index (χ0) is 21.9. The summed E-state index contributed by atoms with van der Waals surface area (Å²) in [5.74, 6) is -0.112. The van der Waals surface area contributed by atoms with Gasteiger partial charge in [-0.25, -0.2) is 0 Å². The second-order valence-electron chi connectivity index (χ2n) is 6.19. The van der Waals surface area contributed by atoms with Crippen LogP contribution in [-0.4, -0.2) is 5.91 Å². The number of benzene rings is 3. The van der Waals surface area contributed by atoms with Crippen molar-refractivity contribution in [2.75, 3.05) is 5.32 Å². The van der Waals surface area contributed by atoms with E-state index in [2.05, 4.69) is 5.32 Å².